The van der Waals surface area contributed by atoms with Crippen molar-refractivity contribution in [2.24, 2.45) is 0 Å². The number of nitrogens with one attached hydrogen (secondary N) is 2. The minimum Gasteiger partial charge on any atom is -0.497 e. The molecule has 1 saturated heterocycles. The normalized spacial score (nSPS) is 16.1. The molecule has 1 heterocycles. The van der Waals surface area contributed by atoms with Crippen LogP contribution >= 0.6 is 11.6 Å². The summed E-state index contributed by atoms with van der Waals surface area (Å²) in [7, 11) is 1.57. The Hall–Kier alpha value is -2.73. The first-order valence-corrected chi connectivity index (χ1v) is 9.18. The summed E-state index contributed by atoms with van der Waals surface area (Å²) in [6, 6.07) is 13.7. The van der Waals surface area contributed by atoms with Crippen LogP contribution in [0.15, 0.2) is 48.5 Å². The molecular formula is C20H22ClN3O3. The van der Waals surface area contributed by atoms with Crippen LogP contribution in [-0.2, 0) is 11.3 Å². The van der Waals surface area contributed by atoms with Crippen LogP contribution in [0.4, 0.5) is 10.5 Å². The van der Waals surface area contributed by atoms with E-state index in [1.54, 1.807) is 48.4 Å². The highest BCUT2D eigenvalue weighted by Gasteiger charge is 2.34. The second kappa shape index (κ2) is 8.77. The largest absolute Gasteiger partial charge is 0.497 e. The second-order valence-corrected chi connectivity index (χ2v) is 6.79. The number of nitrogens with zero attached hydrogens (tertiary/aromatic N) is 1. The molecule has 27 heavy (non-hydrogen) atoms. The van der Waals surface area contributed by atoms with E-state index in [1.807, 2.05) is 12.1 Å². The van der Waals surface area contributed by atoms with Gasteiger partial charge in [0.2, 0.25) is 5.91 Å². The number of ether oxygens (including phenoxy) is 1. The van der Waals surface area contributed by atoms with Gasteiger partial charge in [-0.15, -0.1) is 0 Å². The van der Waals surface area contributed by atoms with Gasteiger partial charge in [-0.1, -0.05) is 29.8 Å². The summed E-state index contributed by atoms with van der Waals surface area (Å²) in [5.74, 6) is 0.509. The van der Waals surface area contributed by atoms with Crippen LogP contribution in [0.1, 0.15) is 18.4 Å². The lowest BCUT2D eigenvalue weighted by molar-refractivity contribution is -0.124. The molecule has 2 N–H and O–H groups in total. The van der Waals surface area contributed by atoms with Crippen LogP contribution in [0.25, 0.3) is 0 Å². The number of rotatable bonds is 5. The summed E-state index contributed by atoms with van der Waals surface area (Å²) in [5, 5.41) is 6.39. The number of halogens is 1. The third kappa shape index (κ3) is 4.92. The Kier molecular flexibility index (Phi) is 6.19. The van der Waals surface area contributed by atoms with Gasteiger partial charge in [0.25, 0.3) is 0 Å². The number of amides is 3. The predicted molar refractivity (Wildman–Crippen MR) is 105 cm³/mol. The molecule has 7 heteroatoms. The maximum Gasteiger partial charge on any atom is 0.322 e. The summed E-state index contributed by atoms with van der Waals surface area (Å²) in [4.78, 5) is 26.8. The number of hydrogen-bond donors (Lipinski definition) is 2. The second-order valence-electron chi connectivity index (χ2n) is 6.36. The molecule has 142 valence electrons. The zero-order valence-corrected chi connectivity index (χ0v) is 15.8. The molecule has 3 rings (SSSR count). The number of carbonyl (C=O) groups excluding carboxylic acids is 2. The molecule has 0 saturated carbocycles. The number of benzene rings is 2. The lowest BCUT2D eigenvalue weighted by atomic mass is 10.2. The van der Waals surface area contributed by atoms with E-state index in [2.05, 4.69) is 10.6 Å². The van der Waals surface area contributed by atoms with E-state index in [0.717, 1.165) is 12.0 Å². The van der Waals surface area contributed by atoms with E-state index in [-0.39, 0.29) is 11.9 Å². The molecule has 1 aliphatic heterocycles. The Morgan fingerprint density at radius 2 is 2.00 bits per heavy atom. The fourth-order valence-electron chi connectivity index (χ4n) is 3.09. The number of anilines is 1. The standard InChI is InChI=1S/C20H22ClN3O3/c1-27-17-5-2-4-16(12-17)23-20(26)24-11-3-6-18(24)19(25)22-13-14-7-9-15(21)10-8-14/h2,4-5,7-10,12,18H,3,6,11,13H2,1H3,(H,22,25)(H,23,26)/t18-/m1/s1. The fourth-order valence-corrected chi connectivity index (χ4v) is 3.21. The molecule has 1 atom stereocenters. The summed E-state index contributed by atoms with van der Waals surface area (Å²) in [6.45, 7) is 0.951. The molecule has 2 aromatic carbocycles. The summed E-state index contributed by atoms with van der Waals surface area (Å²) in [6.07, 6.45) is 1.45. The maximum absolute atomic E-state index is 12.6. The summed E-state index contributed by atoms with van der Waals surface area (Å²) >= 11 is 5.87. The Balaban J connectivity index is 1.59. The minimum absolute atomic E-state index is 0.150. The van der Waals surface area contributed by atoms with Crippen LogP contribution < -0.4 is 15.4 Å². The van der Waals surface area contributed by atoms with E-state index in [1.165, 1.54) is 0 Å². The lowest BCUT2D eigenvalue weighted by Crippen LogP contribution is -2.47. The average Bonchev–Trinajstić information content (AvgIpc) is 3.17. The molecule has 0 unspecified atom stereocenters. The Morgan fingerprint density at radius 3 is 2.74 bits per heavy atom. The van der Waals surface area contributed by atoms with Gasteiger partial charge in [-0.25, -0.2) is 4.79 Å². The van der Waals surface area contributed by atoms with Gasteiger partial charge in [0.15, 0.2) is 0 Å². The Bertz CT molecular complexity index is 810. The molecule has 0 aliphatic carbocycles. The van der Waals surface area contributed by atoms with Gasteiger partial charge in [0.05, 0.1) is 7.11 Å². The van der Waals surface area contributed by atoms with Gasteiger partial charge >= 0.3 is 6.03 Å². The van der Waals surface area contributed by atoms with Gasteiger partial charge in [0.1, 0.15) is 11.8 Å². The monoisotopic (exact) mass is 387 g/mol. The van der Waals surface area contributed by atoms with Crippen LogP contribution in [0.3, 0.4) is 0 Å². The van der Waals surface area contributed by atoms with Crippen molar-refractivity contribution in [1.82, 2.24) is 10.2 Å². The maximum atomic E-state index is 12.6. The zero-order chi connectivity index (χ0) is 19.2. The summed E-state index contributed by atoms with van der Waals surface area (Å²) < 4.78 is 5.17. The van der Waals surface area contributed by atoms with Crippen molar-refractivity contribution in [3.63, 3.8) is 0 Å². The number of urea groups is 1. The lowest BCUT2D eigenvalue weighted by Gasteiger charge is -2.24. The molecular weight excluding hydrogens is 366 g/mol. The molecule has 1 aliphatic rings. The molecule has 3 amide bonds. The van der Waals surface area contributed by atoms with Crippen molar-refractivity contribution in [1.29, 1.82) is 0 Å². The van der Waals surface area contributed by atoms with Crippen molar-refractivity contribution < 1.29 is 14.3 Å². The molecule has 0 bridgehead atoms. The highest BCUT2D eigenvalue weighted by atomic mass is 35.5. The molecule has 0 radical (unpaired) electrons. The minimum atomic E-state index is -0.470. The van der Waals surface area contributed by atoms with E-state index in [9.17, 15) is 9.59 Å². The molecule has 0 aromatic heterocycles. The fraction of sp³-hybridized carbons (Fsp3) is 0.300. The zero-order valence-electron chi connectivity index (χ0n) is 15.1. The molecule has 6 nitrogen and oxygen atoms in total. The molecule has 1 fully saturated rings. The van der Waals surface area contributed by atoms with Crippen LogP contribution in [-0.4, -0.2) is 36.5 Å². The first-order chi connectivity index (χ1) is 13.1. The number of hydrogen-bond acceptors (Lipinski definition) is 3. The third-order valence-electron chi connectivity index (χ3n) is 4.52. The van der Waals surface area contributed by atoms with E-state index >= 15 is 0 Å². The highest BCUT2D eigenvalue weighted by molar-refractivity contribution is 6.30. The van der Waals surface area contributed by atoms with Crippen LogP contribution in [0, 0.1) is 0 Å². The first kappa shape index (κ1) is 19.0. The van der Waals surface area contributed by atoms with Crippen molar-refractivity contribution in [2.45, 2.75) is 25.4 Å². The smallest absolute Gasteiger partial charge is 0.322 e. The van der Waals surface area contributed by atoms with Gasteiger partial charge in [-0.3, -0.25) is 4.79 Å². The van der Waals surface area contributed by atoms with E-state index in [4.69, 9.17) is 16.3 Å². The predicted octanol–water partition coefficient (Wildman–Crippen LogP) is 3.66. The van der Waals surface area contributed by atoms with Crippen molar-refractivity contribution in [3.8, 4) is 5.75 Å². The van der Waals surface area contributed by atoms with Crippen molar-refractivity contribution in [2.75, 3.05) is 19.0 Å². The van der Waals surface area contributed by atoms with Crippen molar-refractivity contribution in [3.05, 3.63) is 59.1 Å². The Labute approximate surface area is 163 Å². The number of likely N-dealkylation sites (tertiary alicyclic amines) is 1. The summed E-state index contributed by atoms with van der Waals surface area (Å²) in [5.41, 5.74) is 1.59. The SMILES string of the molecule is COc1cccc(NC(=O)N2CCC[C@@H]2C(=O)NCc2ccc(Cl)cc2)c1. The topological polar surface area (TPSA) is 70.7 Å². The van der Waals surface area contributed by atoms with E-state index in [0.29, 0.717) is 36.0 Å². The van der Waals surface area contributed by atoms with Crippen LogP contribution in [0.2, 0.25) is 5.02 Å². The van der Waals surface area contributed by atoms with Gasteiger partial charge in [-0.05, 0) is 42.7 Å². The average molecular weight is 388 g/mol. The van der Waals surface area contributed by atoms with Gasteiger partial charge < -0.3 is 20.3 Å². The highest BCUT2D eigenvalue weighted by Crippen LogP contribution is 2.21. The van der Waals surface area contributed by atoms with Gasteiger partial charge in [-0.2, -0.15) is 0 Å². The third-order valence-corrected chi connectivity index (χ3v) is 4.77. The first-order valence-electron chi connectivity index (χ1n) is 8.80. The molecule has 2 aromatic rings. The quantitative estimate of drug-likeness (QED) is 0.822. The van der Waals surface area contributed by atoms with Gasteiger partial charge in [0, 0.05) is 29.9 Å². The van der Waals surface area contributed by atoms with E-state index < -0.39 is 6.04 Å². The molecule has 0 spiro atoms. The van der Waals surface area contributed by atoms with Crippen LogP contribution in [0.5, 0.6) is 5.75 Å². The Morgan fingerprint density at radius 1 is 1.22 bits per heavy atom. The van der Waals surface area contributed by atoms with Crippen molar-refractivity contribution >= 4 is 29.2 Å². The number of carbonyl (C=O) groups is 2. The number of methoxy groups -OCH3 is 1.